The van der Waals surface area contributed by atoms with E-state index in [-0.39, 0.29) is 25.7 Å². The molecule has 3 unspecified atom stereocenters. The molecule has 0 aromatic carbocycles. The van der Waals surface area contributed by atoms with Crippen molar-refractivity contribution in [2.75, 3.05) is 39.6 Å². The van der Waals surface area contributed by atoms with Gasteiger partial charge in [0.15, 0.2) is 12.2 Å². The Bertz CT molecular complexity index is 1820. The number of unbranched alkanes of at least 4 members (excludes halogenated alkanes) is 43. The summed E-state index contributed by atoms with van der Waals surface area (Å²) in [4.78, 5) is 72.5. The quantitative estimate of drug-likeness (QED) is 0.0222. The number of carbonyl (C=O) groups excluding carboxylic acids is 4. The minimum absolute atomic E-state index is 0.104. The summed E-state index contributed by atoms with van der Waals surface area (Å²) in [6.07, 6.45) is 54.6. The smallest absolute Gasteiger partial charge is 0.462 e. The molecule has 0 aliphatic heterocycles. The van der Waals surface area contributed by atoms with Crippen molar-refractivity contribution < 1.29 is 80.2 Å². The van der Waals surface area contributed by atoms with Gasteiger partial charge < -0.3 is 33.8 Å². The van der Waals surface area contributed by atoms with Gasteiger partial charge in [-0.3, -0.25) is 37.3 Å². The van der Waals surface area contributed by atoms with Gasteiger partial charge in [-0.1, -0.05) is 337 Å². The van der Waals surface area contributed by atoms with Crippen LogP contribution < -0.4 is 0 Å². The van der Waals surface area contributed by atoms with E-state index in [0.29, 0.717) is 25.7 Å². The molecule has 0 saturated heterocycles. The Kier molecular flexibility index (Phi) is 65.5. The van der Waals surface area contributed by atoms with E-state index in [9.17, 15) is 43.2 Å². The summed E-state index contributed by atoms with van der Waals surface area (Å²) in [5.41, 5.74) is 0. The number of esters is 4. The molecule has 0 aromatic rings. The second kappa shape index (κ2) is 66.9. The highest BCUT2D eigenvalue weighted by Crippen LogP contribution is 2.45. The van der Waals surface area contributed by atoms with Gasteiger partial charge in [0.2, 0.25) is 0 Å². The summed E-state index contributed by atoms with van der Waals surface area (Å²) in [6.45, 7) is 9.53. The first-order valence-electron chi connectivity index (χ1n) is 39.0. The van der Waals surface area contributed by atoms with Gasteiger partial charge in [0.1, 0.15) is 19.3 Å². The number of hydrogen-bond acceptors (Lipinski definition) is 15. The summed E-state index contributed by atoms with van der Waals surface area (Å²) in [5, 5.41) is 10.6. The average molecular weight is 1380 g/mol. The largest absolute Gasteiger partial charge is 0.472 e. The lowest BCUT2D eigenvalue weighted by molar-refractivity contribution is -0.161. The van der Waals surface area contributed by atoms with E-state index >= 15 is 0 Å². The van der Waals surface area contributed by atoms with E-state index in [4.69, 9.17) is 37.0 Å². The molecule has 0 radical (unpaired) electrons. The number of aliphatic hydroxyl groups is 1. The third-order valence-corrected chi connectivity index (χ3v) is 19.7. The minimum atomic E-state index is -4.95. The molecule has 94 heavy (non-hydrogen) atoms. The Hall–Kier alpha value is -1.94. The number of phosphoric acid groups is 2. The van der Waals surface area contributed by atoms with Gasteiger partial charge in [0, 0.05) is 25.7 Å². The number of ether oxygens (including phenoxy) is 4. The van der Waals surface area contributed by atoms with E-state index in [1.807, 2.05) is 0 Å². The van der Waals surface area contributed by atoms with Crippen molar-refractivity contribution in [3.63, 3.8) is 0 Å². The summed E-state index contributed by atoms with van der Waals surface area (Å²) in [6, 6.07) is 0. The van der Waals surface area contributed by atoms with Crippen molar-refractivity contribution in [2.45, 2.75) is 407 Å². The van der Waals surface area contributed by atoms with Gasteiger partial charge in [-0.15, -0.1) is 0 Å². The van der Waals surface area contributed by atoms with Crippen LogP contribution in [0.4, 0.5) is 0 Å². The van der Waals surface area contributed by atoms with Gasteiger partial charge in [0.05, 0.1) is 26.4 Å². The van der Waals surface area contributed by atoms with Gasteiger partial charge in [-0.2, -0.15) is 0 Å². The Morgan fingerprint density at radius 1 is 0.309 bits per heavy atom. The molecule has 0 rings (SSSR count). The van der Waals surface area contributed by atoms with Gasteiger partial charge in [-0.25, -0.2) is 9.13 Å². The van der Waals surface area contributed by atoms with Crippen molar-refractivity contribution >= 4 is 39.5 Å². The van der Waals surface area contributed by atoms with Crippen LogP contribution in [0.5, 0.6) is 0 Å². The Morgan fingerprint density at radius 2 is 0.543 bits per heavy atom. The molecule has 0 amide bonds. The maximum atomic E-state index is 13.1. The SMILES string of the molecule is CCCCCCCCCCCCCCCCCCCCCC(=O)O[C@H](COC(=O)CCCCCCCCCCCCCCCCC(C)CC)COP(=O)(O)OC[C@@H](O)COP(=O)(O)OC[C@@H](COC(=O)CCCCCCC)OC(=O)CCCCCCCCCCCC(C)C. The molecule has 0 bridgehead atoms. The van der Waals surface area contributed by atoms with Crippen LogP contribution in [0, 0.1) is 11.8 Å². The van der Waals surface area contributed by atoms with Gasteiger partial charge >= 0.3 is 39.5 Å². The van der Waals surface area contributed by atoms with Crippen LogP contribution >= 0.6 is 15.6 Å². The predicted octanol–water partition coefficient (Wildman–Crippen LogP) is 21.9. The standard InChI is InChI=1S/C75H146O17P2/c1-7-10-12-14-15-16-17-18-19-20-21-22-23-28-31-36-41-47-53-59-74(79)92-71(64-86-73(78)58-52-46-40-35-30-27-25-24-26-29-34-39-45-50-56-68(6)9-3)66-90-94(83,84)88-62-69(76)61-87-93(81,82)89-65-70(63-85-72(77)57-51-43-13-11-8-2)91-75(80)60-54-48-42-37-32-33-38-44-49-55-67(4)5/h67-71,76H,7-66H2,1-6H3,(H,81,82)(H,83,84)/t68?,69-,70+,71+/m0/s1. The third kappa shape index (κ3) is 67.3. The fourth-order valence-electron chi connectivity index (χ4n) is 11.4. The van der Waals surface area contributed by atoms with Crippen molar-refractivity contribution in [3.05, 3.63) is 0 Å². The van der Waals surface area contributed by atoms with E-state index in [2.05, 4.69) is 41.5 Å². The zero-order chi connectivity index (χ0) is 69.3. The topological polar surface area (TPSA) is 237 Å². The van der Waals surface area contributed by atoms with Gasteiger partial charge in [0.25, 0.3) is 0 Å². The van der Waals surface area contributed by atoms with Crippen molar-refractivity contribution in [3.8, 4) is 0 Å². The number of aliphatic hydroxyl groups excluding tert-OH is 1. The van der Waals surface area contributed by atoms with Crippen LogP contribution in [-0.2, 0) is 65.4 Å². The molecule has 17 nitrogen and oxygen atoms in total. The van der Waals surface area contributed by atoms with Gasteiger partial charge in [-0.05, 0) is 37.5 Å². The Labute approximate surface area is 575 Å². The fourth-order valence-corrected chi connectivity index (χ4v) is 13.0. The van der Waals surface area contributed by atoms with Crippen LogP contribution in [0.15, 0.2) is 0 Å². The van der Waals surface area contributed by atoms with Crippen LogP contribution in [0.3, 0.4) is 0 Å². The summed E-state index contributed by atoms with van der Waals surface area (Å²) in [7, 11) is -9.90. The first-order valence-corrected chi connectivity index (χ1v) is 42.0. The number of hydrogen-bond donors (Lipinski definition) is 3. The lowest BCUT2D eigenvalue weighted by Crippen LogP contribution is -2.30. The van der Waals surface area contributed by atoms with Crippen LogP contribution in [-0.4, -0.2) is 96.7 Å². The molecule has 0 spiro atoms. The first kappa shape index (κ1) is 92.1. The molecule has 19 heteroatoms. The maximum absolute atomic E-state index is 13.1. The number of phosphoric ester groups is 2. The van der Waals surface area contributed by atoms with Crippen molar-refractivity contribution in [1.82, 2.24) is 0 Å². The third-order valence-electron chi connectivity index (χ3n) is 17.8. The van der Waals surface area contributed by atoms with Crippen molar-refractivity contribution in [1.29, 1.82) is 0 Å². The minimum Gasteiger partial charge on any atom is -0.462 e. The molecular weight excluding hydrogens is 1230 g/mol. The summed E-state index contributed by atoms with van der Waals surface area (Å²) < 4.78 is 68.3. The monoisotopic (exact) mass is 1380 g/mol. The maximum Gasteiger partial charge on any atom is 0.472 e. The molecular formula is C75H146O17P2. The molecule has 0 aromatic heterocycles. The number of rotatable bonds is 74. The normalized spacial score (nSPS) is 14.3. The molecule has 558 valence electrons. The first-order chi connectivity index (χ1) is 45.4. The molecule has 0 saturated carbocycles. The highest BCUT2D eigenvalue weighted by Gasteiger charge is 2.30. The molecule has 6 atom stereocenters. The Balaban J connectivity index is 5.14. The molecule has 0 heterocycles. The number of carbonyl (C=O) groups is 4. The second-order valence-corrected chi connectivity index (χ2v) is 30.7. The lowest BCUT2D eigenvalue weighted by atomic mass is 9.99. The van der Waals surface area contributed by atoms with Crippen LogP contribution in [0.25, 0.3) is 0 Å². The molecule has 3 N–H and O–H groups in total. The van der Waals surface area contributed by atoms with Crippen LogP contribution in [0.2, 0.25) is 0 Å². The zero-order valence-corrected chi connectivity index (χ0v) is 63.1. The molecule has 0 fully saturated rings. The summed E-state index contributed by atoms with van der Waals surface area (Å²) in [5.74, 6) is -0.542. The highest BCUT2D eigenvalue weighted by atomic mass is 31.2. The zero-order valence-electron chi connectivity index (χ0n) is 61.3. The van der Waals surface area contributed by atoms with Crippen molar-refractivity contribution in [2.24, 2.45) is 11.8 Å². The second-order valence-electron chi connectivity index (χ2n) is 27.8. The Morgan fingerprint density at radius 3 is 0.809 bits per heavy atom. The lowest BCUT2D eigenvalue weighted by Gasteiger charge is -2.21. The predicted molar refractivity (Wildman–Crippen MR) is 381 cm³/mol. The van der Waals surface area contributed by atoms with E-state index in [1.165, 1.54) is 199 Å². The molecule has 0 aliphatic rings. The van der Waals surface area contributed by atoms with Crippen LogP contribution in [0.1, 0.15) is 388 Å². The van der Waals surface area contributed by atoms with E-state index < -0.39 is 97.5 Å². The molecule has 0 aliphatic carbocycles. The average Bonchev–Trinajstić information content (AvgIpc) is 3.20. The van der Waals surface area contributed by atoms with E-state index in [1.54, 1.807) is 0 Å². The van der Waals surface area contributed by atoms with E-state index in [0.717, 1.165) is 108 Å². The summed E-state index contributed by atoms with van der Waals surface area (Å²) >= 11 is 0. The highest BCUT2D eigenvalue weighted by molar-refractivity contribution is 7.47. The fraction of sp³-hybridized carbons (Fsp3) is 0.947.